The number of Topliss-reactive ketones (excluding diaryl/α,β-unsaturated/α-hetero) is 1. The molecule has 0 radical (unpaired) electrons. The number of pyridine rings is 1. The normalized spacial score (nSPS) is 15.0. The average Bonchev–Trinajstić information content (AvgIpc) is 2.86. The van der Waals surface area contributed by atoms with Crippen LogP contribution in [0.5, 0.6) is 0 Å². The second-order valence-electron chi connectivity index (χ2n) is 8.48. The highest BCUT2D eigenvalue weighted by atomic mass is 16.6. The molecular formula is C26H25N3O5. The van der Waals surface area contributed by atoms with Gasteiger partial charge in [0.1, 0.15) is 0 Å². The number of carbonyl (C=O) groups excluding carboxylic acids is 2. The van der Waals surface area contributed by atoms with Crippen molar-refractivity contribution in [2.75, 3.05) is 13.1 Å². The van der Waals surface area contributed by atoms with Crippen LogP contribution in [0, 0.1) is 16.0 Å². The summed E-state index contributed by atoms with van der Waals surface area (Å²) in [6.07, 6.45) is 3.92. The summed E-state index contributed by atoms with van der Waals surface area (Å²) >= 11 is 0. The third-order valence-corrected chi connectivity index (χ3v) is 6.25. The van der Waals surface area contributed by atoms with Crippen molar-refractivity contribution in [3.8, 4) is 0 Å². The molecule has 174 valence electrons. The summed E-state index contributed by atoms with van der Waals surface area (Å²) < 4.78 is 1.11. The molecule has 1 amide bonds. The molecule has 1 atom stereocenters. The van der Waals surface area contributed by atoms with Crippen LogP contribution in [0.1, 0.15) is 34.8 Å². The molecule has 0 unspecified atom stereocenters. The predicted molar refractivity (Wildman–Crippen MR) is 127 cm³/mol. The molecule has 4 rings (SSSR count). The van der Waals surface area contributed by atoms with Crippen LogP contribution in [-0.4, -0.2) is 39.2 Å². The minimum atomic E-state index is -1.42. The molecule has 0 saturated carbocycles. The Morgan fingerprint density at radius 1 is 0.971 bits per heavy atom. The van der Waals surface area contributed by atoms with Crippen LogP contribution >= 0.6 is 0 Å². The zero-order valence-electron chi connectivity index (χ0n) is 18.6. The lowest BCUT2D eigenvalue weighted by atomic mass is 9.89. The molecule has 2 aromatic carbocycles. The van der Waals surface area contributed by atoms with Crippen LogP contribution in [-0.2, 0) is 11.2 Å². The SMILES string of the molecule is O=C(c1cccc([N+](=O)[O-])c1)[C@@H](C(=O)N1CCC(Cc2ccccc2)CC1)n1ccccc1=O. The predicted octanol–water partition coefficient (Wildman–Crippen LogP) is 3.66. The first-order chi connectivity index (χ1) is 16.4. The number of hydrogen-bond donors (Lipinski definition) is 0. The fraction of sp³-hybridized carbons (Fsp3) is 0.269. The number of nitrogens with zero attached hydrogens (tertiary/aromatic N) is 3. The number of benzene rings is 2. The number of hydrogen-bond acceptors (Lipinski definition) is 5. The van der Waals surface area contributed by atoms with Gasteiger partial charge in [-0.3, -0.25) is 29.1 Å². The van der Waals surface area contributed by atoms with Crippen molar-refractivity contribution in [1.29, 1.82) is 0 Å². The van der Waals surface area contributed by atoms with Crippen LogP contribution in [0.2, 0.25) is 0 Å². The number of amides is 1. The van der Waals surface area contributed by atoms with Gasteiger partial charge in [-0.1, -0.05) is 48.5 Å². The van der Waals surface area contributed by atoms with Crippen LogP contribution in [0.4, 0.5) is 5.69 Å². The second-order valence-corrected chi connectivity index (χ2v) is 8.48. The van der Waals surface area contributed by atoms with Gasteiger partial charge in [0.2, 0.25) is 0 Å². The van der Waals surface area contributed by atoms with E-state index in [9.17, 15) is 24.5 Å². The maximum absolute atomic E-state index is 13.6. The summed E-state index contributed by atoms with van der Waals surface area (Å²) in [7, 11) is 0. The van der Waals surface area contributed by atoms with Crippen molar-refractivity contribution in [1.82, 2.24) is 9.47 Å². The lowest BCUT2D eigenvalue weighted by molar-refractivity contribution is -0.384. The lowest BCUT2D eigenvalue weighted by Crippen LogP contribution is -2.46. The first-order valence-electron chi connectivity index (χ1n) is 11.2. The van der Waals surface area contributed by atoms with Crippen molar-refractivity contribution < 1.29 is 14.5 Å². The standard InChI is InChI=1S/C26H25N3O5/c30-23-11-4-5-14-28(23)24(25(31)21-9-6-10-22(18-21)29(33)34)26(32)27-15-12-20(13-16-27)17-19-7-2-1-3-8-19/h1-11,14,18,20,24H,12-13,15-17H2/t24-/m0/s1. The Morgan fingerprint density at radius 2 is 1.68 bits per heavy atom. The van der Waals surface area contributed by atoms with E-state index in [0.29, 0.717) is 19.0 Å². The maximum Gasteiger partial charge on any atom is 0.270 e. The summed E-state index contributed by atoms with van der Waals surface area (Å²) in [4.78, 5) is 51.7. The van der Waals surface area contributed by atoms with Gasteiger partial charge in [-0.2, -0.15) is 0 Å². The van der Waals surface area contributed by atoms with Crippen molar-refractivity contribution >= 4 is 17.4 Å². The van der Waals surface area contributed by atoms with E-state index in [-0.39, 0.29) is 11.3 Å². The third-order valence-electron chi connectivity index (χ3n) is 6.25. The summed E-state index contributed by atoms with van der Waals surface area (Å²) in [5.74, 6) is -0.687. The van der Waals surface area contributed by atoms with E-state index < -0.39 is 28.2 Å². The number of ketones is 1. The van der Waals surface area contributed by atoms with E-state index in [1.165, 1.54) is 42.1 Å². The molecule has 1 fully saturated rings. The van der Waals surface area contributed by atoms with E-state index in [1.54, 1.807) is 11.0 Å². The molecule has 0 bridgehead atoms. The van der Waals surface area contributed by atoms with Gasteiger partial charge >= 0.3 is 0 Å². The Labute approximate surface area is 196 Å². The van der Waals surface area contributed by atoms with Gasteiger partial charge in [0.15, 0.2) is 11.8 Å². The van der Waals surface area contributed by atoms with Gasteiger partial charge in [-0.15, -0.1) is 0 Å². The summed E-state index contributed by atoms with van der Waals surface area (Å²) in [5, 5.41) is 11.2. The molecule has 1 aliphatic heterocycles. The topological polar surface area (TPSA) is 103 Å². The van der Waals surface area contributed by atoms with Gasteiger partial charge in [-0.25, -0.2) is 0 Å². The molecule has 1 aromatic heterocycles. The Balaban J connectivity index is 1.56. The number of likely N-dealkylation sites (tertiary alicyclic amines) is 1. The molecule has 2 heterocycles. The molecule has 8 heteroatoms. The monoisotopic (exact) mass is 459 g/mol. The smallest absolute Gasteiger partial charge is 0.270 e. The van der Waals surface area contributed by atoms with Crippen molar-refractivity contribution in [2.24, 2.45) is 5.92 Å². The molecule has 0 spiro atoms. The van der Waals surface area contributed by atoms with Crippen LogP contribution in [0.3, 0.4) is 0 Å². The van der Waals surface area contributed by atoms with Gasteiger partial charge in [0.25, 0.3) is 17.2 Å². The van der Waals surface area contributed by atoms with Crippen LogP contribution < -0.4 is 5.56 Å². The Hall–Kier alpha value is -4.07. The quantitative estimate of drug-likeness (QED) is 0.232. The zero-order chi connectivity index (χ0) is 24.1. The minimum Gasteiger partial charge on any atom is -0.340 e. The highest BCUT2D eigenvalue weighted by Gasteiger charge is 2.35. The van der Waals surface area contributed by atoms with Crippen molar-refractivity contribution in [3.63, 3.8) is 0 Å². The van der Waals surface area contributed by atoms with Crippen LogP contribution in [0.25, 0.3) is 0 Å². The number of nitro groups is 1. The van der Waals surface area contributed by atoms with Gasteiger partial charge in [0, 0.05) is 43.0 Å². The molecule has 0 aliphatic carbocycles. The number of aromatic nitrogens is 1. The van der Waals surface area contributed by atoms with Crippen molar-refractivity contribution in [2.45, 2.75) is 25.3 Å². The zero-order valence-corrected chi connectivity index (χ0v) is 18.6. The largest absolute Gasteiger partial charge is 0.340 e. The summed E-state index contributed by atoms with van der Waals surface area (Å²) in [6.45, 7) is 0.966. The Kier molecular flexibility index (Phi) is 6.96. The third kappa shape index (κ3) is 5.11. The Bertz CT molecular complexity index is 1250. The molecule has 1 aliphatic rings. The van der Waals surface area contributed by atoms with Gasteiger partial charge < -0.3 is 4.90 Å². The van der Waals surface area contributed by atoms with E-state index in [2.05, 4.69) is 12.1 Å². The molecule has 1 saturated heterocycles. The fourth-order valence-electron chi connectivity index (χ4n) is 4.42. The average molecular weight is 460 g/mol. The highest BCUT2D eigenvalue weighted by molar-refractivity contribution is 6.12. The van der Waals surface area contributed by atoms with E-state index in [4.69, 9.17) is 0 Å². The number of rotatable bonds is 7. The summed E-state index contributed by atoms with van der Waals surface area (Å²) in [6, 6.07) is 18.4. The minimum absolute atomic E-state index is 0.0160. The molecular weight excluding hydrogens is 434 g/mol. The number of carbonyl (C=O) groups is 2. The first kappa shape index (κ1) is 23.1. The highest BCUT2D eigenvalue weighted by Crippen LogP contribution is 2.25. The second kappa shape index (κ2) is 10.2. The number of piperidine rings is 1. The Morgan fingerprint density at radius 3 is 2.35 bits per heavy atom. The summed E-state index contributed by atoms with van der Waals surface area (Å²) in [5.41, 5.74) is 0.530. The number of nitro benzene ring substituents is 1. The van der Waals surface area contributed by atoms with Crippen molar-refractivity contribution in [3.05, 3.63) is 111 Å². The van der Waals surface area contributed by atoms with Crippen LogP contribution in [0.15, 0.2) is 83.8 Å². The fourth-order valence-corrected chi connectivity index (χ4v) is 4.42. The van der Waals surface area contributed by atoms with E-state index in [0.717, 1.165) is 29.9 Å². The molecule has 3 aromatic rings. The van der Waals surface area contributed by atoms with Gasteiger partial charge in [0.05, 0.1) is 4.92 Å². The number of non-ortho nitro benzene ring substituents is 1. The molecule has 0 N–H and O–H groups in total. The first-order valence-corrected chi connectivity index (χ1v) is 11.2. The van der Waals surface area contributed by atoms with E-state index in [1.807, 2.05) is 18.2 Å². The molecule has 34 heavy (non-hydrogen) atoms. The van der Waals surface area contributed by atoms with E-state index >= 15 is 0 Å². The maximum atomic E-state index is 13.6. The molecule has 8 nitrogen and oxygen atoms in total. The lowest BCUT2D eigenvalue weighted by Gasteiger charge is -2.34. The van der Waals surface area contributed by atoms with Gasteiger partial charge in [-0.05, 0) is 36.8 Å².